The zero-order chi connectivity index (χ0) is 21.3. The molecule has 3 aromatic rings. The van der Waals surface area contributed by atoms with E-state index in [0.717, 1.165) is 22.8 Å². The molecule has 3 rings (SSSR count). The summed E-state index contributed by atoms with van der Waals surface area (Å²) in [5.41, 5.74) is 3.33. The van der Waals surface area contributed by atoms with Crippen LogP contribution in [0.4, 0.5) is 10.5 Å². The second-order valence-electron chi connectivity index (χ2n) is 6.92. The van der Waals surface area contributed by atoms with Crippen LogP contribution in [0, 0.1) is 13.8 Å². The van der Waals surface area contributed by atoms with E-state index in [0.29, 0.717) is 21.0 Å². The van der Waals surface area contributed by atoms with Crippen molar-refractivity contribution in [2.75, 3.05) is 17.6 Å². The van der Waals surface area contributed by atoms with Crippen molar-refractivity contribution in [3.05, 3.63) is 75.1 Å². The number of hydrogen-bond donors (Lipinski definition) is 1. The van der Waals surface area contributed by atoms with Crippen LogP contribution < -0.4 is 15.2 Å². The highest BCUT2D eigenvalue weighted by Gasteiger charge is 2.24. The Morgan fingerprint density at radius 3 is 2.52 bits per heavy atom. The molecule has 2 amide bonds. The molecular formula is C21H22N2O5S. The highest BCUT2D eigenvalue weighted by molar-refractivity contribution is 7.92. The zero-order valence-electron chi connectivity index (χ0n) is 16.6. The van der Waals surface area contributed by atoms with Gasteiger partial charge in [-0.1, -0.05) is 23.8 Å². The van der Waals surface area contributed by atoms with Crippen LogP contribution in [0.15, 0.2) is 51.7 Å². The molecule has 0 aliphatic carbocycles. The van der Waals surface area contributed by atoms with E-state index in [1.165, 1.54) is 13.1 Å². The van der Waals surface area contributed by atoms with E-state index < -0.39 is 21.7 Å². The minimum absolute atomic E-state index is 0.197. The van der Waals surface area contributed by atoms with Gasteiger partial charge in [-0.25, -0.2) is 18.0 Å². The Kier molecular flexibility index (Phi) is 5.48. The number of nitrogens with zero attached hydrogens (tertiary/aromatic N) is 1. The maximum absolute atomic E-state index is 12.5. The van der Waals surface area contributed by atoms with Crippen molar-refractivity contribution in [3.8, 4) is 0 Å². The van der Waals surface area contributed by atoms with Crippen molar-refractivity contribution in [1.82, 2.24) is 5.32 Å². The van der Waals surface area contributed by atoms with Gasteiger partial charge in [-0.05, 0) is 49.2 Å². The number of rotatable bonds is 4. The Morgan fingerprint density at radius 1 is 1.14 bits per heavy atom. The van der Waals surface area contributed by atoms with Crippen molar-refractivity contribution in [2.24, 2.45) is 0 Å². The van der Waals surface area contributed by atoms with Crippen molar-refractivity contribution in [2.45, 2.75) is 20.3 Å². The first-order valence-electron chi connectivity index (χ1n) is 8.95. The van der Waals surface area contributed by atoms with Gasteiger partial charge in [0.2, 0.25) is 10.0 Å². The maximum atomic E-state index is 12.5. The third kappa shape index (κ3) is 4.17. The number of carbonyl (C=O) groups excluding carboxylic acids is 1. The number of benzene rings is 2. The Labute approximate surface area is 169 Å². The summed E-state index contributed by atoms with van der Waals surface area (Å²) in [5.74, 6) is 0. The number of nitrogens with one attached hydrogen (secondary N) is 1. The second-order valence-corrected chi connectivity index (χ2v) is 8.75. The summed E-state index contributed by atoms with van der Waals surface area (Å²) in [6, 6.07) is 11.4. The Morgan fingerprint density at radius 2 is 1.86 bits per heavy atom. The van der Waals surface area contributed by atoms with Gasteiger partial charge >= 0.3 is 11.7 Å². The van der Waals surface area contributed by atoms with E-state index in [1.54, 1.807) is 24.3 Å². The van der Waals surface area contributed by atoms with Gasteiger partial charge in [0.05, 0.1) is 11.9 Å². The van der Waals surface area contributed by atoms with Crippen molar-refractivity contribution < 1.29 is 17.6 Å². The first-order valence-corrected chi connectivity index (χ1v) is 10.8. The van der Waals surface area contributed by atoms with E-state index in [-0.39, 0.29) is 12.1 Å². The standard InChI is InChI=1S/C21H22N2O5S/c1-13-8-9-19-17(10-13)14(2)18(20(24)28-19)12-15-6-5-7-16(11-15)23(21(25)22-3)29(4,26)27/h5-11H,12H2,1-4H3,(H,22,25). The van der Waals surface area contributed by atoms with Gasteiger partial charge < -0.3 is 9.73 Å². The van der Waals surface area contributed by atoms with E-state index in [4.69, 9.17) is 4.42 Å². The summed E-state index contributed by atoms with van der Waals surface area (Å²) in [5, 5.41) is 3.19. The summed E-state index contributed by atoms with van der Waals surface area (Å²) >= 11 is 0. The van der Waals surface area contributed by atoms with Gasteiger partial charge in [0.25, 0.3) is 0 Å². The molecule has 0 saturated carbocycles. The fraction of sp³-hybridized carbons (Fsp3) is 0.238. The van der Waals surface area contributed by atoms with Crippen molar-refractivity contribution in [3.63, 3.8) is 0 Å². The predicted molar refractivity (Wildman–Crippen MR) is 113 cm³/mol. The van der Waals surface area contributed by atoms with Crippen molar-refractivity contribution >= 4 is 32.7 Å². The Bertz CT molecular complexity index is 1260. The third-order valence-electron chi connectivity index (χ3n) is 4.70. The molecule has 0 spiro atoms. The molecule has 7 nitrogen and oxygen atoms in total. The highest BCUT2D eigenvalue weighted by Crippen LogP contribution is 2.24. The molecule has 0 fully saturated rings. The average Bonchev–Trinajstić information content (AvgIpc) is 2.65. The lowest BCUT2D eigenvalue weighted by Gasteiger charge is -2.20. The summed E-state index contributed by atoms with van der Waals surface area (Å²) in [7, 11) is -2.47. The van der Waals surface area contributed by atoms with Gasteiger partial charge in [-0.2, -0.15) is 4.31 Å². The van der Waals surface area contributed by atoms with Crippen LogP contribution in [0.5, 0.6) is 0 Å². The largest absolute Gasteiger partial charge is 0.423 e. The van der Waals surface area contributed by atoms with E-state index in [1.807, 2.05) is 26.0 Å². The van der Waals surface area contributed by atoms with Crippen LogP contribution in [-0.4, -0.2) is 27.8 Å². The highest BCUT2D eigenvalue weighted by atomic mass is 32.2. The predicted octanol–water partition coefficient (Wildman–Crippen LogP) is 3.11. The number of anilines is 1. The number of sulfonamides is 1. The normalized spacial score (nSPS) is 11.4. The molecule has 0 atom stereocenters. The quantitative estimate of drug-likeness (QED) is 0.662. The number of aryl methyl sites for hydroxylation is 2. The summed E-state index contributed by atoms with van der Waals surface area (Å²) in [6.07, 6.45) is 1.20. The zero-order valence-corrected chi connectivity index (χ0v) is 17.5. The van der Waals surface area contributed by atoms with Crippen LogP contribution in [0.1, 0.15) is 22.3 Å². The Hall–Kier alpha value is -3.13. The lowest BCUT2D eigenvalue weighted by atomic mass is 9.98. The van der Waals surface area contributed by atoms with Crippen LogP contribution >= 0.6 is 0 Å². The molecule has 0 saturated heterocycles. The first-order chi connectivity index (χ1) is 13.6. The Balaban J connectivity index is 2.07. The molecule has 0 aliphatic rings. The molecular weight excluding hydrogens is 392 g/mol. The maximum Gasteiger partial charge on any atom is 0.340 e. The van der Waals surface area contributed by atoms with E-state index >= 15 is 0 Å². The number of urea groups is 1. The minimum atomic E-state index is -3.83. The van der Waals surface area contributed by atoms with Crippen LogP contribution in [0.2, 0.25) is 0 Å². The first kappa shape index (κ1) is 20.6. The lowest BCUT2D eigenvalue weighted by molar-refractivity contribution is 0.251. The second kappa shape index (κ2) is 7.71. The molecule has 1 heterocycles. The molecule has 0 aliphatic heterocycles. The van der Waals surface area contributed by atoms with Gasteiger partial charge in [-0.15, -0.1) is 0 Å². The molecule has 0 bridgehead atoms. The van der Waals surface area contributed by atoms with E-state index in [2.05, 4.69) is 5.32 Å². The van der Waals surface area contributed by atoms with Crippen molar-refractivity contribution in [1.29, 1.82) is 0 Å². The fourth-order valence-corrected chi connectivity index (χ4v) is 4.15. The molecule has 29 heavy (non-hydrogen) atoms. The molecule has 0 unspecified atom stereocenters. The smallest absolute Gasteiger partial charge is 0.340 e. The van der Waals surface area contributed by atoms with Gasteiger partial charge in [-0.3, -0.25) is 0 Å². The minimum Gasteiger partial charge on any atom is -0.423 e. The van der Waals surface area contributed by atoms with Gasteiger partial charge in [0.1, 0.15) is 5.58 Å². The molecule has 2 aromatic carbocycles. The summed E-state index contributed by atoms with van der Waals surface area (Å²) in [6.45, 7) is 3.83. The van der Waals surface area contributed by atoms with Crippen LogP contribution in [0.3, 0.4) is 0 Å². The van der Waals surface area contributed by atoms with Gasteiger partial charge in [0.15, 0.2) is 0 Å². The number of fused-ring (bicyclic) bond motifs is 1. The number of carbonyl (C=O) groups is 1. The number of amides is 2. The summed E-state index contributed by atoms with van der Waals surface area (Å²) < 4.78 is 30.3. The van der Waals surface area contributed by atoms with Crippen LogP contribution in [-0.2, 0) is 16.4 Å². The topological polar surface area (TPSA) is 96.7 Å². The van der Waals surface area contributed by atoms with Crippen LogP contribution in [0.25, 0.3) is 11.0 Å². The molecule has 1 N–H and O–H groups in total. The van der Waals surface area contributed by atoms with E-state index in [9.17, 15) is 18.0 Å². The average molecular weight is 414 g/mol. The SMILES string of the molecule is CNC(=O)N(c1cccc(Cc2c(C)c3cc(C)ccc3oc2=O)c1)S(C)(=O)=O. The molecule has 8 heteroatoms. The molecule has 1 aromatic heterocycles. The third-order valence-corrected chi connectivity index (χ3v) is 5.74. The number of hydrogen-bond acceptors (Lipinski definition) is 5. The molecule has 0 radical (unpaired) electrons. The monoisotopic (exact) mass is 414 g/mol. The lowest BCUT2D eigenvalue weighted by Crippen LogP contribution is -2.42. The summed E-state index contributed by atoms with van der Waals surface area (Å²) in [4.78, 5) is 24.6. The van der Waals surface area contributed by atoms with Gasteiger partial charge in [0, 0.05) is 24.4 Å². The fourth-order valence-electron chi connectivity index (χ4n) is 3.27. The molecule has 152 valence electrons.